The van der Waals surface area contributed by atoms with Crippen molar-refractivity contribution >= 4 is 17.6 Å². The van der Waals surface area contributed by atoms with E-state index in [-0.39, 0.29) is 24.1 Å². The summed E-state index contributed by atoms with van der Waals surface area (Å²) in [7, 11) is 1.64. The first-order valence-electron chi connectivity index (χ1n) is 10.3. The Bertz CT molecular complexity index is 930. The van der Waals surface area contributed by atoms with Crippen LogP contribution in [0.25, 0.3) is 0 Å². The summed E-state index contributed by atoms with van der Waals surface area (Å²) >= 11 is 0. The molecule has 166 valence electrons. The van der Waals surface area contributed by atoms with Gasteiger partial charge in [-0.2, -0.15) is 8.78 Å². The zero-order valence-corrected chi connectivity index (χ0v) is 17.8. The molecule has 0 aliphatic heterocycles. The van der Waals surface area contributed by atoms with E-state index >= 15 is 0 Å². The fourth-order valence-electron chi connectivity index (χ4n) is 3.32. The number of halogens is 2. The fourth-order valence-corrected chi connectivity index (χ4v) is 3.32. The van der Waals surface area contributed by atoms with E-state index in [1.807, 2.05) is 31.2 Å². The zero-order valence-electron chi connectivity index (χ0n) is 17.8. The van der Waals surface area contributed by atoms with Gasteiger partial charge in [0.2, 0.25) is 5.91 Å². The maximum atomic E-state index is 12.6. The van der Waals surface area contributed by atoms with Crippen molar-refractivity contribution in [1.29, 1.82) is 0 Å². The number of nitrogens with one attached hydrogen (secondary N) is 3. The van der Waals surface area contributed by atoms with Crippen LogP contribution in [0.2, 0.25) is 0 Å². The molecule has 2 aromatic carbocycles. The van der Waals surface area contributed by atoms with E-state index in [9.17, 15) is 13.6 Å². The molecule has 1 aliphatic rings. The Morgan fingerprint density at radius 3 is 2.61 bits per heavy atom. The number of benzene rings is 2. The van der Waals surface area contributed by atoms with Gasteiger partial charge in [-0.05, 0) is 43.5 Å². The number of anilines is 1. The molecule has 3 N–H and O–H groups in total. The van der Waals surface area contributed by atoms with Gasteiger partial charge in [-0.15, -0.1) is 0 Å². The summed E-state index contributed by atoms with van der Waals surface area (Å²) in [5.41, 5.74) is 3.31. The molecule has 1 saturated carbocycles. The number of carbonyl (C=O) groups is 1. The van der Waals surface area contributed by atoms with Gasteiger partial charge in [-0.3, -0.25) is 9.79 Å². The Hall–Kier alpha value is -3.16. The minimum atomic E-state index is -2.88. The third-order valence-corrected chi connectivity index (χ3v) is 5.23. The minimum absolute atomic E-state index is 0.0776. The number of aryl methyl sites for hydroxylation is 1. The first-order valence-corrected chi connectivity index (χ1v) is 10.3. The smallest absolute Gasteiger partial charge is 0.387 e. The Morgan fingerprint density at radius 1 is 1.16 bits per heavy atom. The third kappa shape index (κ3) is 6.67. The predicted molar refractivity (Wildman–Crippen MR) is 117 cm³/mol. The molecular formula is C23H28F2N4O2. The quantitative estimate of drug-likeness (QED) is 0.433. The second-order valence-corrected chi connectivity index (χ2v) is 7.59. The van der Waals surface area contributed by atoms with E-state index in [2.05, 4.69) is 25.7 Å². The average molecular weight is 430 g/mol. The monoisotopic (exact) mass is 430 g/mol. The number of nitrogens with zero attached hydrogens (tertiary/aromatic N) is 1. The van der Waals surface area contributed by atoms with Gasteiger partial charge >= 0.3 is 6.61 Å². The maximum Gasteiger partial charge on any atom is 0.387 e. The van der Waals surface area contributed by atoms with Gasteiger partial charge in [0.15, 0.2) is 5.96 Å². The number of ether oxygens (including phenoxy) is 1. The minimum Gasteiger partial charge on any atom is -0.434 e. The van der Waals surface area contributed by atoms with Crippen molar-refractivity contribution in [2.24, 2.45) is 10.9 Å². The van der Waals surface area contributed by atoms with Crippen LogP contribution in [0, 0.1) is 12.8 Å². The largest absolute Gasteiger partial charge is 0.434 e. The average Bonchev–Trinajstić information content (AvgIpc) is 2.68. The highest BCUT2D eigenvalue weighted by Crippen LogP contribution is 2.27. The molecule has 0 heterocycles. The van der Waals surface area contributed by atoms with Gasteiger partial charge in [0.25, 0.3) is 0 Å². The summed E-state index contributed by atoms with van der Waals surface area (Å²) in [5.74, 6) is 0.867. The van der Waals surface area contributed by atoms with Crippen LogP contribution in [0.15, 0.2) is 47.5 Å². The molecule has 2 aromatic rings. The van der Waals surface area contributed by atoms with Gasteiger partial charge in [0.1, 0.15) is 5.75 Å². The Balaban J connectivity index is 1.55. The molecule has 1 amide bonds. The molecule has 0 radical (unpaired) electrons. The molecule has 3 rings (SSSR count). The van der Waals surface area contributed by atoms with Crippen LogP contribution >= 0.6 is 0 Å². The Kier molecular flexibility index (Phi) is 7.81. The van der Waals surface area contributed by atoms with Crippen molar-refractivity contribution < 1.29 is 18.3 Å². The zero-order chi connectivity index (χ0) is 22.2. The molecule has 8 heteroatoms. The van der Waals surface area contributed by atoms with E-state index in [1.165, 1.54) is 6.07 Å². The van der Waals surface area contributed by atoms with Gasteiger partial charge < -0.3 is 20.7 Å². The summed E-state index contributed by atoms with van der Waals surface area (Å²) in [6.07, 6.45) is 3.03. The summed E-state index contributed by atoms with van der Waals surface area (Å²) in [4.78, 5) is 16.3. The normalized spacial score (nSPS) is 14.2. The molecule has 0 atom stereocenters. The molecule has 0 spiro atoms. The van der Waals surface area contributed by atoms with Crippen LogP contribution in [0.4, 0.5) is 14.5 Å². The van der Waals surface area contributed by atoms with Crippen LogP contribution in [0.3, 0.4) is 0 Å². The van der Waals surface area contributed by atoms with Crippen LogP contribution in [0.5, 0.6) is 5.75 Å². The van der Waals surface area contributed by atoms with Gasteiger partial charge in [-0.1, -0.05) is 36.2 Å². The molecule has 1 fully saturated rings. The van der Waals surface area contributed by atoms with Crippen LogP contribution in [-0.2, 0) is 17.9 Å². The molecule has 0 unspecified atom stereocenters. The predicted octanol–water partition coefficient (Wildman–Crippen LogP) is 4.20. The summed E-state index contributed by atoms with van der Waals surface area (Å²) in [5, 5.41) is 9.28. The van der Waals surface area contributed by atoms with E-state index in [0.29, 0.717) is 18.1 Å². The van der Waals surface area contributed by atoms with Crippen LogP contribution in [-0.4, -0.2) is 25.5 Å². The standard InChI is InChI=1S/C23H28F2N4O2/c1-15-9-10-20(31-22(24)25)18(11-15)14-28-23(26-2)27-13-16-5-3-8-19(12-16)29-21(30)17-6-4-7-17/h3,5,8-12,17,22H,4,6-7,13-14H2,1-2H3,(H,29,30)(H2,26,27,28). The number of amides is 1. The van der Waals surface area contributed by atoms with E-state index in [4.69, 9.17) is 0 Å². The van der Waals surface area contributed by atoms with Crippen molar-refractivity contribution in [2.45, 2.75) is 45.9 Å². The lowest BCUT2D eigenvalue weighted by Crippen LogP contribution is -2.36. The molecule has 1 aliphatic carbocycles. The van der Waals surface area contributed by atoms with Gasteiger partial charge in [0, 0.05) is 37.3 Å². The van der Waals surface area contributed by atoms with E-state index < -0.39 is 6.61 Å². The highest BCUT2D eigenvalue weighted by Gasteiger charge is 2.25. The topological polar surface area (TPSA) is 74.8 Å². The number of carbonyl (C=O) groups excluding carboxylic acids is 1. The molecule has 0 bridgehead atoms. The summed E-state index contributed by atoms with van der Waals surface area (Å²) in [6, 6.07) is 12.7. The van der Waals surface area contributed by atoms with Gasteiger partial charge in [0.05, 0.1) is 0 Å². The third-order valence-electron chi connectivity index (χ3n) is 5.23. The number of aliphatic imine (C=N–C) groups is 1. The van der Waals surface area contributed by atoms with E-state index in [1.54, 1.807) is 19.2 Å². The number of rotatable bonds is 8. The Labute approximate surface area is 181 Å². The molecule has 31 heavy (non-hydrogen) atoms. The fraction of sp³-hybridized carbons (Fsp3) is 0.391. The lowest BCUT2D eigenvalue weighted by molar-refractivity contribution is -0.122. The van der Waals surface area contributed by atoms with Crippen molar-refractivity contribution in [1.82, 2.24) is 10.6 Å². The van der Waals surface area contributed by atoms with Gasteiger partial charge in [-0.25, -0.2) is 0 Å². The van der Waals surface area contributed by atoms with Crippen molar-refractivity contribution in [3.05, 3.63) is 59.2 Å². The summed E-state index contributed by atoms with van der Waals surface area (Å²) in [6.45, 7) is -0.225. The highest BCUT2D eigenvalue weighted by molar-refractivity contribution is 5.93. The SMILES string of the molecule is CN=C(NCc1cccc(NC(=O)C2CCC2)c1)NCc1cc(C)ccc1OC(F)F. The molecule has 0 saturated heterocycles. The van der Waals surface area contributed by atoms with Crippen LogP contribution < -0.4 is 20.7 Å². The Morgan fingerprint density at radius 2 is 1.94 bits per heavy atom. The first kappa shape index (κ1) is 22.5. The number of guanidine groups is 1. The molecular weight excluding hydrogens is 402 g/mol. The number of hydrogen-bond acceptors (Lipinski definition) is 3. The molecule has 6 nitrogen and oxygen atoms in total. The summed E-state index contributed by atoms with van der Waals surface area (Å²) < 4.78 is 29.9. The lowest BCUT2D eigenvalue weighted by Gasteiger charge is -2.24. The first-order chi connectivity index (χ1) is 14.9. The van der Waals surface area contributed by atoms with Crippen molar-refractivity contribution in [2.75, 3.05) is 12.4 Å². The number of alkyl halides is 2. The van der Waals surface area contributed by atoms with Crippen LogP contribution in [0.1, 0.15) is 36.0 Å². The van der Waals surface area contributed by atoms with E-state index in [0.717, 1.165) is 36.1 Å². The lowest BCUT2D eigenvalue weighted by atomic mass is 9.85. The second kappa shape index (κ2) is 10.7. The maximum absolute atomic E-state index is 12.6. The second-order valence-electron chi connectivity index (χ2n) is 7.59. The highest BCUT2D eigenvalue weighted by atomic mass is 19.3. The number of hydrogen-bond donors (Lipinski definition) is 3. The molecule has 0 aromatic heterocycles. The van der Waals surface area contributed by atoms with Crippen molar-refractivity contribution in [3.63, 3.8) is 0 Å². The van der Waals surface area contributed by atoms with Crippen molar-refractivity contribution in [3.8, 4) is 5.75 Å².